The summed E-state index contributed by atoms with van der Waals surface area (Å²) >= 11 is 0. The van der Waals surface area contributed by atoms with Crippen LogP contribution in [0.5, 0.6) is 0 Å². The first-order valence-corrected chi connectivity index (χ1v) is 8.04. The molecule has 0 aromatic heterocycles. The molecule has 1 aromatic rings. The summed E-state index contributed by atoms with van der Waals surface area (Å²) in [6.45, 7) is 3.81. The van der Waals surface area contributed by atoms with E-state index in [-0.39, 0.29) is 5.25 Å². The van der Waals surface area contributed by atoms with Crippen LogP contribution in [-0.2, 0) is 22.1 Å². The van der Waals surface area contributed by atoms with Crippen molar-refractivity contribution in [1.29, 1.82) is 0 Å². The van der Waals surface area contributed by atoms with Gasteiger partial charge < -0.3 is 15.2 Å². The van der Waals surface area contributed by atoms with Crippen molar-refractivity contribution in [2.24, 2.45) is 0 Å². The molecule has 0 saturated heterocycles. The minimum absolute atomic E-state index is 0.0948. The number of rotatable bonds is 9. The van der Waals surface area contributed by atoms with Crippen LogP contribution in [0.3, 0.4) is 0 Å². The van der Waals surface area contributed by atoms with Crippen LogP contribution < -0.4 is 5.32 Å². The molecular weight excluding hydrogens is 262 g/mol. The Morgan fingerprint density at radius 3 is 2.63 bits per heavy atom. The number of aliphatic hydroxyl groups excluding tert-OH is 1. The van der Waals surface area contributed by atoms with Crippen molar-refractivity contribution in [3.05, 3.63) is 35.9 Å². The lowest BCUT2D eigenvalue weighted by molar-refractivity contribution is 0.0290. The highest BCUT2D eigenvalue weighted by atomic mass is 32.2. The van der Waals surface area contributed by atoms with Gasteiger partial charge in [0, 0.05) is 35.4 Å². The first kappa shape index (κ1) is 16.3. The Labute approximate surface area is 117 Å². The number of ether oxygens (including phenoxy) is 1. The Morgan fingerprint density at radius 1 is 1.32 bits per heavy atom. The van der Waals surface area contributed by atoms with Crippen LogP contribution in [0.1, 0.15) is 12.5 Å². The smallest absolute Gasteiger partial charge is 0.0897 e. The molecule has 0 aliphatic carbocycles. The van der Waals surface area contributed by atoms with Crippen molar-refractivity contribution < 1.29 is 14.1 Å². The molecule has 4 nitrogen and oxygen atoms in total. The lowest BCUT2D eigenvalue weighted by Crippen LogP contribution is -2.35. The van der Waals surface area contributed by atoms with Gasteiger partial charge >= 0.3 is 0 Å². The van der Waals surface area contributed by atoms with E-state index in [1.54, 1.807) is 6.26 Å². The van der Waals surface area contributed by atoms with Crippen molar-refractivity contribution in [3.63, 3.8) is 0 Å². The highest BCUT2D eigenvalue weighted by Crippen LogP contribution is 2.00. The summed E-state index contributed by atoms with van der Waals surface area (Å²) in [5, 5.41) is 12.9. The minimum Gasteiger partial charge on any atom is -0.389 e. The number of hydrogen-bond donors (Lipinski definition) is 2. The Morgan fingerprint density at radius 2 is 2.00 bits per heavy atom. The second-order valence-electron chi connectivity index (χ2n) is 4.62. The van der Waals surface area contributed by atoms with E-state index in [1.807, 2.05) is 37.3 Å². The standard InChI is InChI=1S/C14H23NO3S/c1-12(19(2)17)8-15-9-14(16)11-18-10-13-6-4-3-5-7-13/h3-7,12,14-16H,8-11H2,1-2H3. The Bertz CT molecular complexity index is 372. The fourth-order valence-corrected chi connectivity index (χ4v) is 1.87. The summed E-state index contributed by atoms with van der Waals surface area (Å²) in [7, 11) is -0.831. The Hall–Kier alpha value is -0.750. The van der Waals surface area contributed by atoms with Crippen LogP contribution in [0, 0.1) is 0 Å². The number of hydrogen-bond acceptors (Lipinski definition) is 4. The monoisotopic (exact) mass is 285 g/mol. The highest BCUT2D eigenvalue weighted by Gasteiger charge is 2.08. The molecule has 1 rings (SSSR count). The first-order chi connectivity index (χ1) is 9.09. The molecule has 3 atom stereocenters. The fourth-order valence-electron chi connectivity index (χ4n) is 1.52. The summed E-state index contributed by atoms with van der Waals surface area (Å²) < 4.78 is 16.6. The van der Waals surface area contributed by atoms with E-state index < -0.39 is 16.9 Å². The second kappa shape index (κ2) is 9.20. The molecule has 19 heavy (non-hydrogen) atoms. The van der Waals surface area contributed by atoms with Gasteiger partial charge in [-0.15, -0.1) is 0 Å². The predicted molar refractivity (Wildman–Crippen MR) is 78.5 cm³/mol. The molecule has 0 amide bonds. The third-order valence-corrected chi connectivity index (χ3v) is 4.10. The van der Waals surface area contributed by atoms with Crippen LogP contribution in [0.15, 0.2) is 30.3 Å². The third-order valence-electron chi connectivity index (χ3n) is 2.80. The van der Waals surface area contributed by atoms with E-state index in [0.29, 0.717) is 26.3 Å². The second-order valence-corrected chi connectivity index (χ2v) is 6.42. The van der Waals surface area contributed by atoms with Gasteiger partial charge in [-0.25, -0.2) is 0 Å². The van der Waals surface area contributed by atoms with Crippen LogP contribution >= 0.6 is 0 Å². The molecule has 108 valence electrons. The zero-order valence-electron chi connectivity index (χ0n) is 11.5. The zero-order chi connectivity index (χ0) is 14.1. The number of nitrogens with one attached hydrogen (secondary N) is 1. The molecule has 0 aliphatic heterocycles. The van der Waals surface area contributed by atoms with Gasteiger partial charge in [0.1, 0.15) is 0 Å². The van der Waals surface area contributed by atoms with Gasteiger partial charge in [-0.1, -0.05) is 30.3 Å². The highest BCUT2D eigenvalue weighted by molar-refractivity contribution is 7.84. The van der Waals surface area contributed by atoms with Crippen molar-refractivity contribution in [2.45, 2.75) is 24.9 Å². The maximum absolute atomic E-state index is 11.1. The average molecular weight is 285 g/mol. The summed E-state index contributed by atoms with van der Waals surface area (Å²) in [6, 6.07) is 9.86. The molecule has 0 spiro atoms. The van der Waals surface area contributed by atoms with Gasteiger partial charge in [0.25, 0.3) is 0 Å². The van der Waals surface area contributed by atoms with E-state index in [0.717, 1.165) is 5.56 Å². The molecule has 0 aliphatic rings. The van der Waals surface area contributed by atoms with Crippen molar-refractivity contribution in [3.8, 4) is 0 Å². The minimum atomic E-state index is -0.831. The third kappa shape index (κ3) is 7.42. The molecule has 0 fully saturated rings. The predicted octanol–water partition coefficient (Wildman–Crippen LogP) is 0.921. The van der Waals surface area contributed by atoms with E-state index in [4.69, 9.17) is 4.74 Å². The van der Waals surface area contributed by atoms with E-state index in [1.165, 1.54) is 0 Å². The number of aliphatic hydroxyl groups is 1. The lowest BCUT2D eigenvalue weighted by atomic mass is 10.2. The lowest BCUT2D eigenvalue weighted by Gasteiger charge is -2.14. The molecule has 0 heterocycles. The van der Waals surface area contributed by atoms with Crippen molar-refractivity contribution >= 4 is 10.8 Å². The SMILES string of the molecule is CC(CNCC(O)COCc1ccccc1)S(C)=O. The average Bonchev–Trinajstić information content (AvgIpc) is 2.39. The maximum Gasteiger partial charge on any atom is 0.0897 e. The quantitative estimate of drug-likeness (QED) is 0.708. The molecule has 3 unspecified atom stereocenters. The molecule has 0 radical (unpaired) electrons. The van der Waals surface area contributed by atoms with Gasteiger partial charge in [0.05, 0.1) is 19.3 Å². The summed E-state index contributed by atoms with van der Waals surface area (Å²) in [4.78, 5) is 0. The Balaban J connectivity index is 2.08. The summed E-state index contributed by atoms with van der Waals surface area (Å²) in [5.41, 5.74) is 1.10. The van der Waals surface area contributed by atoms with E-state index in [9.17, 15) is 9.32 Å². The topological polar surface area (TPSA) is 58.6 Å². The van der Waals surface area contributed by atoms with Gasteiger partial charge in [-0.05, 0) is 12.5 Å². The molecule has 0 saturated carbocycles. The van der Waals surface area contributed by atoms with Gasteiger partial charge in [0.2, 0.25) is 0 Å². The van der Waals surface area contributed by atoms with Crippen molar-refractivity contribution in [1.82, 2.24) is 5.32 Å². The molecule has 0 bridgehead atoms. The van der Waals surface area contributed by atoms with Crippen LogP contribution in [0.4, 0.5) is 0 Å². The van der Waals surface area contributed by atoms with Crippen LogP contribution in [-0.4, -0.2) is 46.6 Å². The first-order valence-electron chi connectivity index (χ1n) is 6.42. The molecular formula is C14H23NO3S. The van der Waals surface area contributed by atoms with Gasteiger partial charge in [-0.2, -0.15) is 0 Å². The summed E-state index contributed by atoms with van der Waals surface area (Å²) in [5.74, 6) is 0. The largest absolute Gasteiger partial charge is 0.389 e. The molecule has 5 heteroatoms. The van der Waals surface area contributed by atoms with Gasteiger partial charge in [0.15, 0.2) is 0 Å². The van der Waals surface area contributed by atoms with E-state index in [2.05, 4.69) is 5.32 Å². The van der Waals surface area contributed by atoms with Gasteiger partial charge in [-0.3, -0.25) is 4.21 Å². The van der Waals surface area contributed by atoms with Crippen LogP contribution in [0.2, 0.25) is 0 Å². The molecule has 2 N–H and O–H groups in total. The fraction of sp³-hybridized carbons (Fsp3) is 0.571. The molecule has 1 aromatic carbocycles. The normalized spacial score (nSPS) is 15.9. The van der Waals surface area contributed by atoms with Crippen molar-refractivity contribution in [2.75, 3.05) is 26.0 Å². The number of benzene rings is 1. The zero-order valence-corrected chi connectivity index (χ0v) is 12.4. The van der Waals surface area contributed by atoms with E-state index >= 15 is 0 Å². The summed E-state index contributed by atoms with van der Waals surface area (Å²) in [6.07, 6.45) is 1.15. The van der Waals surface area contributed by atoms with Crippen LogP contribution in [0.25, 0.3) is 0 Å². The maximum atomic E-state index is 11.1. The Kier molecular flexibility index (Phi) is 7.90.